The summed E-state index contributed by atoms with van der Waals surface area (Å²) in [7, 11) is -3.46. The minimum absolute atomic E-state index is 1.23. The lowest BCUT2D eigenvalue weighted by molar-refractivity contribution is 1.60. The summed E-state index contributed by atoms with van der Waals surface area (Å²) in [5.74, 6) is 0. The van der Waals surface area contributed by atoms with E-state index in [2.05, 4.69) is 233 Å². The highest BCUT2D eigenvalue weighted by atomic mass is 28.3. The van der Waals surface area contributed by atoms with Gasteiger partial charge >= 0.3 is 0 Å². The quantitative estimate of drug-likeness (QED) is 0.111. The van der Waals surface area contributed by atoms with Crippen LogP contribution in [0.2, 0.25) is 39.3 Å². The molecule has 0 bridgehead atoms. The first-order valence-electron chi connectivity index (χ1n) is 21.4. The summed E-state index contributed by atoms with van der Waals surface area (Å²) in [5.41, 5.74) is 12.8. The number of hydrogen-bond acceptors (Lipinski definition) is 0. The third-order valence-electron chi connectivity index (χ3n) is 12.6. The highest BCUT2D eigenvalue weighted by molar-refractivity contribution is 6.89. The van der Waals surface area contributed by atoms with Crippen LogP contribution in [0, 0.1) is 0 Å². The van der Waals surface area contributed by atoms with E-state index in [0.29, 0.717) is 0 Å². The molecule has 0 aliphatic carbocycles. The van der Waals surface area contributed by atoms with E-state index in [-0.39, 0.29) is 0 Å². The topological polar surface area (TPSA) is 0 Å². The van der Waals surface area contributed by atoms with E-state index in [1.165, 1.54) is 109 Å². The average Bonchev–Trinajstić information content (AvgIpc) is 3.27. The van der Waals surface area contributed by atoms with Crippen molar-refractivity contribution in [2.45, 2.75) is 39.3 Å². The van der Waals surface area contributed by atoms with Crippen LogP contribution in [0.25, 0.3) is 98.7 Å². The standard InChI is InChI=1S/C58H50Si2/c1-59(2,3)41-33-35-51-53(37-41)57(49-31-19-17-29-47(49)55(51)45-27-15-13-25-43(45)39-21-9-7-10-22-39)58-50-32-20-18-30-48(50)56(52-36-34-42(38-54(52)58)60(4,5)6)46-28-16-14-26-44(46)40-23-11-8-12-24-40/h7-38H,1-6H3. The van der Waals surface area contributed by atoms with Crippen LogP contribution in [0.15, 0.2) is 194 Å². The lowest BCUT2D eigenvalue weighted by atomic mass is 9.79. The molecule has 0 atom stereocenters. The fourth-order valence-electron chi connectivity index (χ4n) is 9.55. The van der Waals surface area contributed by atoms with Gasteiger partial charge in [0.15, 0.2) is 0 Å². The monoisotopic (exact) mass is 802 g/mol. The molecule has 60 heavy (non-hydrogen) atoms. The van der Waals surface area contributed by atoms with Crippen molar-refractivity contribution in [3.63, 3.8) is 0 Å². The Morgan fingerprint density at radius 3 is 0.867 bits per heavy atom. The van der Waals surface area contributed by atoms with E-state index in [4.69, 9.17) is 0 Å². The molecule has 10 aromatic rings. The van der Waals surface area contributed by atoms with Crippen molar-refractivity contribution in [3.05, 3.63) is 194 Å². The fourth-order valence-corrected chi connectivity index (χ4v) is 11.9. The van der Waals surface area contributed by atoms with Gasteiger partial charge in [0.25, 0.3) is 0 Å². The summed E-state index contributed by atoms with van der Waals surface area (Å²) in [6.07, 6.45) is 0. The molecule has 10 rings (SSSR count). The van der Waals surface area contributed by atoms with Gasteiger partial charge < -0.3 is 0 Å². The Morgan fingerprint density at radius 2 is 0.517 bits per heavy atom. The van der Waals surface area contributed by atoms with Gasteiger partial charge in [0, 0.05) is 0 Å². The van der Waals surface area contributed by atoms with Gasteiger partial charge in [-0.2, -0.15) is 0 Å². The van der Waals surface area contributed by atoms with Crippen LogP contribution >= 0.6 is 0 Å². The van der Waals surface area contributed by atoms with Crippen molar-refractivity contribution in [1.29, 1.82) is 0 Å². The van der Waals surface area contributed by atoms with Crippen LogP contribution in [0.1, 0.15) is 0 Å². The van der Waals surface area contributed by atoms with Crippen molar-refractivity contribution in [3.8, 4) is 55.6 Å². The van der Waals surface area contributed by atoms with E-state index in [0.717, 1.165) is 0 Å². The number of fused-ring (bicyclic) bond motifs is 4. The molecule has 0 spiro atoms. The molecule has 0 saturated heterocycles. The Morgan fingerprint density at radius 1 is 0.233 bits per heavy atom. The number of benzene rings is 10. The summed E-state index contributed by atoms with van der Waals surface area (Å²) in [6, 6.07) is 73.2. The molecule has 0 nitrogen and oxygen atoms in total. The Balaban J connectivity index is 1.42. The van der Waals surface area contributed by atoms with Gasteiger partial charge in [-0.05, 0) is 98.7 Å². The predicted octanol–water partition coefficient (Wildman–Crippen LogP) is 15.7. The van der Waals surface area contributed by atoms with Crippen LogP contribution in [0.5, 0.6) is 0 Å². The fraction of sp³-hybridized carbons (Fsp3) is 0.103. The Bertz CT molecular complexity index is 3030. The van der Waals surface area contributed by atoms with Gasteiger partial charge in [-0.3, -0.25) is 0 Å². The van der Waals surface area contributed by atoms with Crippen molar-refractivity contribution >= 4 is 69.6 Å². The first kappa shape index (κ1) is 37.9. The van der Waals surface area contributed by atoms with Gasteiger partial charge in [0.2, 0.25) is 0 Å². The molecule has 2 heteroatoms. The molecule has 0 N–H and O–H groups in total. The maximum Gasteiger partial charge on any atom is 0.0776 e. The third kappa shape index (κ3) is 6.43. The normalized spacial score (nSPS) is 12.2. The first-order chi connectivity index (χ1) is 29.1. The van der Waals surface area contributed by atoms with Crippen molar-refractivity contribution in [2.75, 3.05) is 0 Å². The number of rotatable bonds is 7. The average molecular weight is 803 g/mol. The Labute approximate surface area is 356 Å². The third-order valence-corrected chi connectivity index (χ3v) is 16.7. The van der Waals surface area contributed by atoms with Crippen molar-refractivity contribution in [1.82, 2.24) is 0 Å². The second kappa shape index (κ2) is 14.7. The zero-order valence-electron chi connectivity index (χ0n) is 35.5. The van der Waals surface area contributed by atoms with Gasteiger partial charge in [0.1, 0.15) is 0 Å². The number of hydrogen-bond donors (Lipinski definition) is 0. The van der Waals surface area contributed by atoms with Gasteiger partial charge in [0.05, 0.1) is 16.1 Å². The summed E-state index contributed by atoms with van der Waals surface area (Å²) in [4.78, 5) is 0. The van der Waals surface area contributed by atoms with Crippen LogP contribution in [-0.2, 0) is 0 Å². The first-order valence-corrected chi connectivity index (χ1v) is 28.4. The molecular weight excluding hydrogens is 753 g/mol. The second-order valence-corrected chi connectivity index (χ2v) is 28.6. The minimum atomic E-state index is -1.73. The molecule has 10 aromatic carbocycles. The van der Waals surface area contributed by atoms with E-state index in [9.17, 15) is 0 Å². The SMILES string of the molecule is C[Si](C)(C)c1ccc2c(-c3ccccc3-c3ccccc3)c3ccccc3c(-c3c4ccccc4c(-c4ccccc4-c4ccccc4)c4ccc([Si](C)(C)C)cc34)c2c1. The molecule has 0 unspecified atom stereocenters. The minimum Gasteiger partial charge on any atom is -0.0656 e. The van der Waals surface area contributed by atoms with E-state index in [1.807, 2.05) is 0 Å². The van der Waals surface area contributed by atoms with Gasteiger partial charge in [-0.25, -0.2) is 0 Å². The highest BCUT2D eigenvalue weighted by Gasteiger charge is 2.27. The van der Waals surface area contributed by atoms with Crippen LogP contribution < -0.4 is 10.4 Å². The maximum absolute atomic E-state index is 2.58. The lowest BCUT2D eigenvalue weighted by Crippen LogP contribution is -2.37. The zero-order chi connectivity index (χ0) is 41.2. The molecule has 0 aliphatic heterocycles. The van der Waals surface area contributed by atoms with Crippen molar-refractivity contribution in [2.24, 2.45) is 0 Å². The largest absolute Gasteiger partial charge is 0.0776 e. The molecule has 0 radical (unpaired) electrons. The lowest BCUT2D eigenvalue weighted by Gasteiger charge is -2.26. The summed E-state index contributed by atoms with van der Waals surface area (Å²) in [5, 5.41) is 13.3. The second-order valence-electron chi connectivity index (χ2n) is 18.4. The highest BCUT2D eigenvalue weighted by Crippen LogP contribution is 2.51. The Hall–Kier alpha value is -6.33. The summed E-state index contributed by atoms with van der Waals surface area (Å²) >= 11 is 0. The van der Waals surface area contributed by atoms with E-state index >= 15 is 0 Å². The summed E-state index contributed by atoms with van der Waals surface area (Å²) in [6.45, 7) is 14.9. The predicted molar refractivity (Wildman–Crippen MR) is 270 cm³/mol. The maximum atomic E-state index is 2.58. The molecule has 0 fully saturated rings. The molecule has 0 amide bonds. The van der Waals surface area contributed by atoms with Crippen LogP contribution in [0.4, 0.5) is 0 Å². The molecular formula is C58H50Si2. The van der Waals surface area contributed by atoms with Gasteiger partial charge in [-0.1, -0.05) is 244 Å². The van der Waals surface area contributed by atoms with E-state index < -0.39 is 16.1 Å². The smallest absolute Gasteiger partial charge is 0.0656 e. The molecule has 0 saturated carbocycles. The van der Waals surface area contributed by atoms with Crippen molar-refractivity contribution < 1.29 is 0 Å². The van der Waals surface area contributed by atoms with E-state index in [1.54, 1.807) is 0 Å². The summed E-state index contributed by atoms with van der Waals surface area (Å²) < 4.78 is 0. The Kier molecular flexibility index (Phi) is 9.32. The molecule has 0 aromatic heterocycles. The molecule has 0 heterocycles. The zero-order valence-corrected chi connectivity index (χ0v) is 37.5. The van der Waals surface area contributed by atoms with Crippen LogP contribution in [0.3, 0.4) is 0 Å². The van der Waals surface area contributed by atoms with Crippen LogP contribution in [-0.4, -0.2) is 16.1 Å². The molecule has 290 valence electrons. The molecule has 0 aliphatic rings. The van der Waals surface area contributed by atoms with Gasteiger partial charge in [-0.15, -0.1) is 0 Å².